The Labute approximate surface area is 154 Å². The molecule has 5 rings (SSSR count). The van der Waals surface area contributed by atoms with E-state index in [1.807, 2.05) is 71.1 Å². The molecule has 2 aromatic heterocycles. The molecule has 5 nitrogen and oxygen atoms in total. The van der Waals surface area contributed by atoms with Crippen molar-refractivity contribution in [1.29, 1.82) is 0 Å². The SMILES string of the molecule is Cc1ccc(Nc2nc3ccccc3c3nc(=O)c4ccccc4n23)cc1. The van der Waals surface area contributed by atoms with Gasteiger partial charge in [-0.3, -0.25) is 9.20 Å². The van der Waals surface area contributed by atoms with Crippen molar-refractivity contribution < 1.29 is 0 Å². The summed E-state index contributed by atoms with van der Waals surface area (Å²) in [4.78, 5) is 21.8. The maximum Gasteiger partial charge on any atom is 0.281 e. The molecule has 27 heavy (non-hydrogen) atoms. The van der Waals surface area contributed by atoms with Gasteiger partial charge in [0.2, 0.25) is 5.95 Å². The topological polar surface area (TPSA) is 59.3 Å². The maximum absolute atomic E-state index is 12.6. The van der Waals surface area contributed by atoms with E-state index >= 15 is 0 Å². The van der Waals surface area contributed by atoms with Crippen LogP contribution in [0.2, 0.25) is 0 Å². The van der Waals surface area contributed by atoms with Crippen molar-refractivity contribution >= 4 is 39.1 Å². The number of fused-ring (bicyclic) bond motifs is 5. The minimum Gasteiger partial charge on any atom is -0.325 e. The molecule has 3 aromatic carbocycles. The Bertz CT molecular complexity index is 1370. The van der Waals surface area contributed by atoms with Gasteiger partial charge in [0, 0.05) is 11.1 Å². The van der Waals surface area contributed by atoms with Gasteiger partial charge in [-0.05, 0) is 43.3 Å². The predicted octanol–water partition coefficient (Wildman–Crippen LogP) is 4.45. The molecule has 5 heteroatoms. The first-order valence-corrected chi connectivity index (χ1v) is 8.75. The lowest BCUT2D eigenvalue weighted by atomic mass is 10.2. The van der Waals surface area contributed by atoms with Gasteiger partial charge in [0.05, 0.1) is 16.4 Å². The molecule has 0 aliphatic heterocycles. The van der Waals surface area contributed by atoms with Gasteiger partial charge in [-0.2, -0.15) is 4.98 Å². The van der Waals surface area contributed by atoms with Crippen LogP contribution < -0.4 is 10.9 Å². The summed E-state index contributed by atoms with van der Waals surface area (Å²) < 4.78 is 1.92. The molecule has 0 fully saturated rings. The van der Waals surface area contributed by atoms with Crippen molar-refractivity contribution in [2.45, 2.75) is 6.92 Å². The smallest absolute Gasteiger partial charge is 0.281 e. The third kappa shape index (κ3) is 2.52. The molecule has 0 amide bonds. The molecule has 0 saturated heterocycles. The number of nitrogens with zero attached hydrogens (tertiary/aromatic N) is 3. The fourth-order valence-corrected chi connectivity index (χ4v) is 3.34. The quantitative estimate of drug-likeness (QED) is 0.477. The zero-order valence-electron chi connectivity index (χ0n) is 14.7. The monoisotopic (exact) mass is 352 g/mol. The Hall–Kier alpha value is -3.73. The van der Waals surface area contributed by atoms with Gasteiger partial charge in [0.15, 0.2) is 5.65 Å². The number of benzene rings is 3. The second-order valence-electron chi connectivity index (χ2n) is 6.54. The molecule has 0 radical (unpaired) electrons. The van der Waals surface area contributed by atoms with Crippen LogP contribution in [0.5, 0.6) is 0 Å². The number of hydrogen-bond acceptors (Lipinski definition) is 4. The van der Waals surface area contributed by atoms with Gasteiger partial charge >= 0.3 is 0 Å². The molecule has 0 bridgehead atoms. The second-order valence-corrected chi connectivity index (χ2v) is 6.54. The number of nitrogens with one attached hydrogen (secondary N) is 1. The third-order valence-corrected chi connectivity index (χ3v) is 4.69. The summed E-state index contributed by atoms with van der Waals surface area (Å²) in [7, 11) is 0. The summed E-state index contributed by atoms with van der Waals surface area (Å²) in [6.45, 7) is 2.05. The van der Waals surface area contributed by atoms with Crippen LogP contribution in [0.1, 0.15) is 5.56 Å². The molecule has 0 unspecified atom stereocenters. The van der Waals surface area contributed by atoms with Crippen molar-refractivity contribution in [3.63, 3.8) is 0 Å². The van der Waals surface area contributed by atoms with Crippen molar-refractivity contribution in [3.8, 4) is 0 Å². The van der Waals surface area contributed by atoms with Crippen LogP contribution >= 0.6 is 0 Å². The zero-order valence-corrected chi connectivity index (χ0v) is 14.7. The van der Waals surface area contributed by atoms with E-state index in [1.165, 1.54) is 5.56 Å². The Morgan fingerprint density at radius 3 is 2.33 bits per heavy atom. The van der Waals surface area contributed by atoms with Crippen molar-refractivity contribution in [2.75, 3.05) is 5.32 Å². The standard InChI is InChI=1S/C22H16N4O/c1-14-10-12-15(13-11-14)23-22-24-18-8-4-2-6-16(18)20-25-21(27)17-7-3-5-9-19(17)26(20)22/h2-13H,1H3,(H,23,24). The molecule has 0 spiro atoms. The maximum atomic E-state index is 12.6. The molecule has 0 aliphatic rings. The summed E-state index contributed by atoms with van der Waals surface area (Å²) in [5.74, 6) is 0.622. The molecule has 1 N–H and O–H groups in total. The predicted molar refractivity (Wildman–Crippen MR) is 109 cm³/mol. The van der Waals surface area contributed by atoms with Gasteiger partial charge in [0.1, 0.15) is 0 Å². The van der Waals surface area contributed by atoms with Gasteiger partial charge in [0.25, 0.3) is 5.56 Å². The highest BCUT2D eigenvalue weighted by atomic mass is 16.1. The van der Waals surface area contributed by atoms with Gasteiger partial charge in [-0.25, -0.2) is 4.98 Å². The number of anilines is 2. The lowest BCUT2D eigenvalue weighted by molar-refractivity contribution is 1.10. The number of rotatable bonds is 2. The first kappa shape index (κ1) is 15.5. The van der Waals surface area contributed by atoms with E-state index in [0.29, 0.717) is 17.0 Å². The van der Waals surface area contributed by atoms with E-state index in [0.717, 1.165) is 22.1 Å². The number of hydrogen-bond donors (Lipinski definition) is 1. The average Bonchev–Trinajstić information content (AvgIpc) is 2.70. The Balaban J connectivity index is 1.91. The normalized spacial score (nSPS) is 11.3. The van der Waals surface area contributed by atoms with Gasteiger partial charge in [-0.15, -0.1) is 0 Å². The van der Waals surface area contributed by atoms with E-state index in [1.54, 1.807) is 6.07 Å². The van der Waals surface area contributed by atoms with E-state index in [-0.39, 0.29) is 5.56 Å². The third-order valence-electron chi connectivity index (χ3n) is 4.69. The number of aromatic nitrogens is 3. The van der Waals surface area contributed by atoms with Crippen LogP contribution in [0.15, 0.2) is 77.6 Å². The molecule has 0 saturated carbocycles. The molecular weight excluding hydrogens is 336 g/mol. The molecular formula is C22H16N4O. The Morgan fingerprint density at radius 1 is 0.815 bits per heavy atom. The zero-order chi connectivity index (χ0) is 18.4. The van der Waals surface area contributed by atoms with E-state index in [4.69, 9.17) is 4.98 Å². The highest BCUT2D eigenvalue weighted by Crippen LogP contribution is 2.25. The van der Waals surface area contributed by atoms with Crippen LogP contribution in [0.25, 0.3) is 27.5 Å². The minimum absolute atomic E-state index is 0.233. The van der Waals surface area contributed by atoms with Gasteiger partial charge < -0.3 is 5.32 Å². The van der Waals surface area contributed by atoms with E-state index < -0.39 is 0 Å². The summed E-state index contributed by atoms with van der Waals surface area (Å²) in [6, 6.07) is 23.3. The fraction of sp³-hybridized carbons (Fsp3) is 0.0455. The Kier molecular flexibility index (Phi) is 3.40. The molecule has 0 atom stereocenters. The largest absolute Gasteiger partial charge is 0.325 e. The lowest BCUT2D eigenvalue weighted by Gasteiger charge is -2.15. The summed E-state index contributed by atoms with van der Waals surface area (Å²) in [6.07, 6.45) is 0. The van der Waals surface area contributed by atoms with Crippen LogP contribution in [-0.4, -0.2) is 14.4 Å². The molecule has 0 aliphatic carbocycles. The van der Waals surface area contributed by atoms with Crippen molar-refractivity contribution in [2.24, 2.45) is 0 Å². The fourth-order valence-electron chi connectivity index (χ4n) is 3.34. The van der Waals surface area contributed by atoms with Crippen LogP contribution in [0.3, 0.4) is 0 Å². The van der Waals surface area contributed by atoms with Crippen LogP contribution in [0.4, 0.5) is 11.6 Å². The first-order chi connectivity index (χ1) is 13.2. The van der Waals surface area contributed by atoms with Crippen molar-refractivity contribution in [3.05, 3.63) is 88.7 Å². The van der Waals surface area contributed by atoms with Crippen LogP contribution in [-0.2, 0) is 0 Å². The van der Waals surface area contributed by atoms with E-state index in [2.05, 4.69) is 17.2 Å². The lowest BCUT2D eigenvalue weighted by Crippen LogP contribution is -2.14. The summed E-state index contributed by atoms with van der Waals surface area (Å²) >= 11 is 0. The Morgan fingerprint density at radius 2 is 1.52 bits per heavy atom. The minimum atomic E-state index is -0.233. The first-order valence-electron chi connectivity index (χ1n) is 8.75. The summed E-state index contributed by atoms with van der Waals surface area (Å²) in [5.41, 5.74) is 4.04. The van der Waals surface area contributed by atoms with E-state index in [9.17, 15) is 4.79 Å². The number of aryl methyl sites for hydroxylation is 1. The average molecular weight is 352 g/mol. The molecule has 5 aromatic rings. The van der Waals surface area contributed by atoms with Crippen molar-refractivity contribution in [1.82, 2.24) is 14.4 Å². The molecule has 130 valence electrons. The summed E-state index contributed by atoms with van der Waals surface area (Å²) in [5, 5.41) is 4.80. The second kappa shape index (κ2) is 5.92. The van der Waals surface area contributed by atoms with Gasteiger partial charge in [-0.1, -0.05) is 42.0 Å². The number of para-hydroxylation sites is 2. The molecule has 2 heterocycles. The van der Waals surface area contributed by atoms with Crippen LogP contribution in [0, 0.1) is 6.92 Å². The highest BCUT2D eigenvalue weighted by molar-refractivity contribution is 5.96. The highest BCUT2D eigenvalue weighted by Gasteiger charge is 2.13.